The minimum absolute atomic E-state index is 0.616. The molecule has 0 fully saturated rings. The van der Waals surface area contributed by atoms with Crippen molar-refractivity contribution in [2.45, 2.75) is 12.6 Å². The molecule has 0 atom stereocenters. The third-order valence-corrected chi connectivity index (χ3v) is 2.13. The first-order valence-electron chi connectivity index (χ1n) is 4.63. The highest BCUT2D eigenvalue weighted by atomic mass is 19.4. The van der Waals surface area contributed by atoms with Crippen LogP contribution in [-0.2, 0) is 6.18 Å². The second kappa shape index (κ2) is 4.55. The van der Waals surface area contributed by atoms with Crippen molar-refractivity contribution in [2.24, 2.45) is 0 Å². The van der Waals surface area contributed by atoms with Gasteiger partial charge in [-0.3, -0.25) is 0 Å². The van der Waals surface area contributed by atoms with E-state index in [2.05, 4.69) is 6.92 Å². The highest BCUT2D eigenvalue weighted by Crippen LogP contribution is 2.30. The Labute approximate surface area is 87.5 Å². The molecule has 1 aromatic carbocycles. The molecule has 0 aliphatic heterocycles. The summed E-state index contributed by atoms with van der Waals surface area (Å²) in [6.45, 7) is 4.41. The summed E-state index contributed by atoms with van der Waals surface area (Å²) in [4.78, 5) is 1.87. The number of hydrogen-bond donors (Lipinski definition) is 0. The molecule has 0 aliphatic rings. The van der Waals surface area contributed by atoms with Crippen molar-refractivity contribution in [1.82, 2.24) is 0 Å². The van der Waals surface area contributed by atoms with Crippen molar-refractivity contribution >= 4 is 5.69 Å². The van der Waals surface area contributed by atoms with E-state index < -0.39 is 11.7 Å². The number of benzene rings is 1. The summed E-state index contributed by atoms with van der Waals surface area (Å²) in [5.74, 6) is 0. The molecule has 0 saturated carbocycles. The molecule has 4 heteroatoms. The molecule has 1 rings (SSSR count). The van der Waals surface area contributed by atoms with E-state index in [0.29, 0.717) is 0 Å². The van der Waals surface area contributed by atoms with Gasteiger partial charge in [0.2, 0.25) is 0 Å². The maximum Gasteiger partial charge on any atom is 0.416 e. The lowest BCUT2D eigenvalue weighted by atomic mass is 10.2. The molecule has 0 heterocycles. The van der Waals surface area contributed by atoms with Gasteiger partial charge in [0.15, 0.2) is 0 Å². The number of rotatable bonds is 3. The SMILES string of the molecule is [CH2]CCN(C)c1ccc(C(F)(F)F)cc1. The van der Waals surface area contributed by atoms with Crippen LogP contribution in [-0.4, -0.2) is 13.6 Å². The third-order valence-electron chi connectivity index (χ3n) is 2.13. The summed E-state index contributed by atoms with van der Waals surface area (Å²) in [7, 11) is 1.83. The van der Waals surface area contributed by atoms with Gasteiger partial charge in [0.25, 0.3) is 0 Å². The molecule has 0 bridgehead atoms. The van der Waals surface area contributed by atoms with Gasteiger partial charge in [-0.05, 0) is 30.7 Å². The van der Waals surface area contributed by atoms with Gasteiger partial charge in [-0.1, -0.05) is 6.92 Å². The number of anilines is 1. The van der Waals surface area contributed by atoms with Crippen molar-refractivity contribution < 1.29 is 13.2 Å². The maximum atomic E-state index is 12.2. The molecule has 0 saturated heterocycles. The lowest BCUT2D eigenvalue weighted by Crippen LogP contribution is -2.17. The van der Waals surface area contributed by atoms with Gasteiger partial charge >= 0.3 is 6.18 Å². The van der Waals surface area contributed by atoms with Crippen LogP contribution in [0.4, 0.5) is 18.9 Å². The molecule has 0 N–H and O–H groups in total. The van der Waals surface area contributed by atoms with Gasteiger partial charge in [0.1, 0.15) is 0 Å². The Balaban J connectivity index is 2.81. The predicted octanol–water partition coefficient (Wildman–Crippen LogP) is 3.37. The first kappa shape index (κ1) is 11.9. The topological polar surface area (TPSA) is 3.24 Å². The molecule has 0 spiro atoms. The molecule has 15 heavy (non-hydrogen) atoms. The number of halogens is 3. The Kier molecular flexibility index (Phi) is 3.61. The van der Waals surface area contributed by atoms with Crippen LogP contribution >= 0.6 is 0 Å². The van der Waals surface area contributed by atoms with Crippen molar-refractivity contribution in [3.8, 4) is 0 Å². The van der Waals surface area contributed by atoms with Gasteiger partial charge < -0.3 is 4.90 Å². The van der Waals surface area contributed by atoms with Crippen LogP contribution in [0.2, 0.25) is 0 Å². The van der Waals surface area contributed by atoms with Crippen LogP contribution in [0.1, 0.15) is 12.0 Å². The van der Waals surface area contributed by atoms with Crippen molar-refractivity contribution in [3.63, 3.8) is 0 Å². The normalized spacial score (nSPS) is 11.5. The molecule has 1 aromatic rings. The average Bonchev–Trinajstić information content (AvgIpc) is 2.17. The number of hydrogen-bond acceptors (Lipinski definition) is 1. The Hall–Kier alpha value is -1.19. The first-order valence-corrected chi connectivity index (χ1v) is 4.63. The van der Waals surface area contributed by atoms with E-state index in [1.54, 1.807) is 0 Å². The summed E-state index contributed by atoms with van der Waals surface area (Å²) >= 11 is 0. The Morgan fingerprint density at radius 3 is 2.13 bits per heavy atom. The van der Waals surface area contributed by atoms with Gasteiger partial charge in [-0.15, -0.1) is 0 Å². The molecular weight excluding hydrogens is 203 g/mol. The largest absolute Gasteiger partial charge is 0.416 e. The fourth-order valence-corrected chi connectivity index (χ4v) is 1.27. The fourth-order valence-electron chi connectivity index (χ4n) is 1.27. The number of alkyl halides is 3. The fraction of sp³-hybridized carbons (Fsp3) is 0.364. The van der Waals surface area contributed by atoms with Gasteiger partial charge in [0, 0.05) is 19.3 Å². The zero-order chi connectivity index (χ0) is 11.5. The van der Waals surface area contributed by atoms with Crippen LogP contribution in [0.25, 0.3) is 0 Å². The summed E-state index contributed by atoms with van der Waals surface area (Å²) < 4.78 is 36.7. The van der Waals surface area contributed by atoms with Crippen LogP contribution in [0.5, 0.6) is 0 Å². The van der Waals surface area contributed by atoms with Crippen LogP contribution in [0.3, 0.4) is 0 Å². The molecule has 0 amide bonds. The van der Waals surface area contributed by atoms with Gasteiger partial charge in [0.05, 0.1) is 5.56 Å². The highest BCUT2D eigenvalue weighted by molar-refractivity contribution is 5.47. The lowest BCUT2D eigenvalue weighted by molar-refractivity contribution is -0.137. The molecular formula is C11H13F3N. The molecule has 1 radical (unpaired) electrons. The Morgan fingerprint density at radius 1 is 1.20 bits per heavy atom. The van der Waals surface area contributed by atoms with Gasteiger partial charge in [-0.25, -0.2) is 0 Å². The lowest BCUT2D eigenvalue weighted by Gasteiger charge is -2.18. The van der Waals surface area contributed by atoms with E-state index in [0.717, 1.165) is 30.8 Å². The summed E-state index contributed by atoms with van der Waals surface area (Å²) in [6, 6.07) is 5.13. The van der Waals surface area contributed by atoms with E-state index in [1.807, 2.05) is 11.9 Å². The quantitative estimate of drug-likeness (QED) is 0.748. The van der Waals surface area contributed by atoms with Gasteiger partial charge in [-0.2, -0.15) is 13.2 Å². The predicted molar refractivity (Wildman–Crippen MR) is 54.7 cm³/mol. The summed E-state index contributed by atoms with van der Waals surface area (Å²) in [6.07, 6.45) is -3.54. The second-order valence-corrected chi connectivity index (χ2v) is 3.32. The second-order valence-electron chi connectivity index (χ2n) is 3.32. The van der Waals surface area contributed by atoms with E-state index in [9.17, 15) is 13.2 Å². The smallest absolute Gasteiger partial charge is 0.375 e. The summed E-state index contributed by atoms with van der Waals surface area (Å²) in [5.41, 5.74) is 0.154. The van der Waals surface area contributed by atoms with E-state index in [1.165, 1.54) is 12.1 Å². The van der Waals surface area contributed by atoms with Crippen molar-refractivity contribution in [3.05, 3.63) is 36.8 Å². The molecule has 0 aromatic heterocycles. The van der Waals surface area contributed by atoms with Crippen LogP contribution < -0.4 is 4.90 Å². The molecule has 83 valence electrons. The molecule has 0 aliphatic carbocycles. The minimum atomic E-state index is -4.26. The van der Waals surface area contributed by atoms with E-state index >= 15 is 0 Å². The van der Waals surface area contributed by atoms with E-state index in [-0.39, 0.29) is 0 Å². The zero-order valence-electron chi connectivity index (χ0n) is 8.51. The maximum absolute atomic E-state index is 12.2. The Morgan fingerprint density at radius 2 is 1.73 bits per heavy atom. The minimum Gasteiger partial charge on any atom is -0.375 e. The van der Waals surface area contributed by atoms with Crippen molar-refractivity contribution in [1.29, 1.82) is 0 Å². The summed E-state index contributed by atoms with van der Waals surface area (Å²) in [5, 5.41) is 0. The highest BCUT2D eigenvalue weighted by Gasteiger charge is 2.29. The zero-order valence-corrected chi connectivity index (χ0v) is 8.51. The first-order chi connectivity index (χ1) is 6.95. The standard InChI is InChI=1S/C11H13F3N/c1-3-8-15(2)10-6-4-9(5-7-10)11(12,13)14/h4-7H,1,3,8H2,2H3. The third kappa shape index (κ3) is 3.15. The monoisotopic (exact) mass is 216 g/mol. The Bertz CT molecular complexity index is 303. The number of nitrogens with zero attached hydrogens (tertiary/aromatic N) is 1. The van der Waals surface area contributed by atoms with Crippen LogP contribution in [0, 0.1) is 6.92 Å². The molecule has 0 unspecified atom stereocenters. The van der Waals surface area contributed by atoms with Crippen molar-refractivity contribution in [2.75, 3.05) is 18.5 Å². The molecule has 1 nitrogen and oxygen atoms in total. The van der Waals surface area contributed by atoms with Crippen LogP contribution in [0.15, 0.2) is 24.3 Å². The average molecular weight is 216 g/mol. The van der Waals surface area contributed by atoms with E-state index in [4.69, 9.17) is 0 Å².